The van der Waals surface area contributed by atoms with Crippen molar-refractivity contribution in [2.24, 2.45) is 0 Å². The molecular weight excluding hydrogens is 370 g/mol. The predicted molar refractivity (Wildman–Crippen MR) is 111 cm³/mol. The summed E-state index contributed by atoms with van der Waals surface area (Å²) in [6.07, 6.45) is 2.37. The highest BCUT2D eigenvalue weighted by Gasteiger charge is 2.24. The van der Waals surface area contributed by atoms with Crippen LogP contribution in [0.2, 0.25) is 0 Å². The Morgan fingerprint density at radius 1 is 1.07 bits per heavy atom. The van der Waals surface area contributed by atoms with Crippen molar-refractivity contribution >= 4 is 17.4 Å². The lowest BCUT2D eigenvalue weighted by Crippen LogP contribution is -2.24. The molecule has 3 rings (SSSR count). The van der Waals surface area contributed by atoms with Gasteiger partial charge in [0.15, 0.2) is 12.4 Å². The van der Waals surface area contributed by atoms with Crippen molar-refractivity contribution in [3.05, 3.63) is 53.1 Å². The molecule has 1 heterocycles. The highest BCUT2D eigenvalue weighted by molar-refractivity contribution is 5.98. The molecule has 0 radical (unpaired) electrons. The Morgan fingerprint density at radius 3 is 2.34 bits per heavy atom. The summed E-state index contributed by atoms with van der Waals surface area (Å²) < 4.78 is 5.48. The fraction of sp³-hybridized carbons (Fsp3) is 0.391. The number of hydrogen-bond acceptors (Lipinski definition) is 5. The molecule has 1 aliphatic rings. The summed E-state index contributed by atoms with van der Waals surface area (Å²) in [4.78, 5) is 26.0. The van der Waals surface area contributed by atoms with Gasteiger partial charge in [0.25, 0.3) is 0 Å². The molecule has 29 heavy (non-hydrogen) atoms. The van der Waals surface area contributed by atoms with Gasteiger partial charge in [-0.1, -0.05) is 20.8 Å². The van der Waals surface area contributed by atoms with Crippen molar-refractivity contribution in [3.8, 4) is 11.5 Å². The monoisotopic (exact) mass is 397 g/mol. The van der Waals surface area contributed by atoms with E-state index in [1.54, 1.807) is 0 Å². The Labute approximate surface area is 170 Å². The second kappa shape index (κ2) is 8.15. The average Bonchev–Trinajstić information content (AvgIpc) is 3.19. The first-order chi connectivity index (χ1) is 13.7. The van der Waals surface area contributed by atoms with Crippen LogP contribution in [0.1, 0.15) is 59.9 Å². The number of phenols is 1. The maximum atomic E-state index is 12.7. The van der Waals surface area contributed by atoms with Gasteiger partial charge in [0.05, 0.1) is 0 Å². The van der Waals surface area contributed by atoms with E-state index in [1.165, 1.54) is 36.7 Å². The van der Waals surface area contributed by atoms with E-state index in [4.69, 9.17) is 9.84 Å². The van der Waals surface area contributed by atoms with Gasteiger partial charge in [-0.25, -0.2) is 4.79 Å². The van der Waals surface area contributed by atoms with Gasteiger partial charge in [-0.05, 0) is 54.2 Å². The molecule has 0 aromatic heterocycles. The number of Topliss-reactive ketones (excluding diaryl/α,β-unsaturated/α-hetero) is 1. The van der Waals surface area contributed by atoms with Crippen LogP contribution < -0.4 is 9.64 Å². The molecule has 2 aromatic rings. The molecule has 154 valence electrons. The van der Waals surface area contributed by atoms with Crippen LogP contribution in [0.3, 0.4) is 0 Å². The third kappa shape index (κ3) is 4.70. The Kier molecular flexibility index (Phi) is 5.82. The molecule has 0 amide bonds. The quantitative estimate of drug-likeness (QED) is 0.709. The first-order valence-corrected chi connectivity index (χ1v) is 9.78. The number of nitrogens with zero attached hydrogens (tertiary/aromatic N) is 1. The number of carboxylic acids is 1. The van der Waals surface area contributed by atoms with Crippen LogP contribution >= 0.6 is 0 Å². The zero-order valence-electron chi connectivity index (χ0n) is 17.1. The largest absolute Gasteiger partial charge is 0.507 e. The number of hydrogen-bond donors (Lipinski definition) is 2. The molecule has 0 bridgehead atoms. The van der Waals surface area contributed by atoms with Crippen LogP contribution in [0.5, 0.6) is 11.5 Å². The Balaban J connectivity index is 1.77. The zero-order valence-corrected chi connectivity index (χ0v) is 17.1. The highest BCUT2D eigenvalue weighted by atomic mass is 16.5. The van der Waals surface area contributed by atoms with Crippen molar-refractivity contribution in [1.82, 2.24) is 0 Å². The van der Waals surface area contributed by atoms with E-state index in [0.717, 1.165) is 18.7 Å². The molecule has 6 heteroatoms. The van der Waals surface area contributed by atoms with Crippen LogP contribution in [0.4, 0.5) is 5.69 Å². The van der Waals surface area contributed by atoms with Crippen molar-refractivity contribution < 1.29 is 24.5 Å². The minimum Gasteiger partial charge on any atom is -0.507 e. The SMILES string of the molecule is CC(C)(C)c1cc(C(=O)COc2ccc(C(=O)O)c(O)c2)ccc1N1CCCC1. The first-order valence-electron chi connectivity index (χ1n) is 9.78. The van der Waals surface area contributed by atoms with Crippen LogP contribution in [-0.2, 0) is 5.41 Å². The summed E-state index contributed by atoms with van der Waals surface area (Å²) in [6.45, 7) is 8.29. The van der Waals surface area contributed by atoms with Crippen LogP contribution in [0, 0.1) is 0 Å². The lowest BCUT2D eigenvalue weighted by molar-refractivity contribution is 0.0693. The normalized spacial score (nSPS) is 14.1. The lowest BCUT2D eigenvalue weighted by Gasteiger charge is -2.29. The van der Waals surface area contributed by atoms with Gasteiger partial charge >= 0.3 is 5.97 Å². The van der Waals surface area contributed by atoms with Gasteiger partial charge in [0, 0.05) is 30.4 Å². The minimum atomic E-state index is -1.22. The van der Waals surface area contributed by atoms with Gasteiger partial charge < -0.3 is 19.8 Å². The van der Waals surface area contributed by atoms with Gasteiger partial charge in [0.2, 0.25) is 0 Å². The van der Waals surface area contributed by atoms with Crippen molar-refractivity contribution in [2.45, 2.75) is 39.0 Å². The first kappa shape index (κ1) is 20.7. The number of ether oxygens (including phenoxy) is 1. The van der Waals surface area contributed by atoms with E-state index in [0.29, 0.717) is 5.56 Å². The molecule has 1 aliphatic heterocycles. The fourth-order valence-electron chi connectivity index (χ4n) is 3.56. The zero-order chi connectivity index (χ0) is 21.2. The number of carbonyl (C=O) groups is 2. The van der Waals surface area contributed by atoms with Crippen molar-refractivity contribution in [3.63, 3.8) is 0 Å². The smallest absolute Gasteiger partial charge is 0.339 e. The molecule has 0 aliphatic carbocycles. The van der Waals surface area contributed by atoms with Gasteiger partial charge in [-0.3, -0.25) is 4.79 Å². The molecule has 0 atom stereocenters. The van der Waals surface area contributed by atoms with E-state index in [2.05, 4.69) is 25.7 Å². The summed E-state index contributed by atoms with van der Waals surface area (Å²) in [5, 5.41) is 18.7. The lowest BCUT2D eigenvalue weighted by atomic mass is 9.84. The van der Waals surface area contributed by atoms with Gasteiger partial charge in [-0.2, -0.15) is 0 Å². The van der Waals surface area contributed by atoms with Crippen LogP contribution in [0.15, 0.2) is 36.4 Å². The third-order valence-electron chi connectivity index (χ3n) is 5.14. The van der Waals surface area contributed by atoms with Crippen LogP contribution in [0.25, 0.3) is 0 Å². The molecular formula is C23H27NO5. The fourth-order valence-corrected chi connectivity index (χ4v) is 3.56. The molecule has 0 unspecified atom stereocenters. The molecule has 0 spiro atoms. The Bertz CT molecular complexity index is 923. The number of aromatic carboxylic acids is 1. The number of anilines is 1. The molecule has 6 nitrogen and oxygen atoms in total. The van der Waals surface area contributed by atoms with Crippen molar-refractivity contribution in [2.75, 3.05) is 24.6 Å². The number of carboxylic acid groups (broad SMARTS) is 1. The van der Waals surface area contributed by atoms with E-state index in [-0.39, 0.29) is 29.1 Å². The second-order valence-electron chi connectivity index (χ2n) is 8.37. The van der Waals surface area contributed by atoms with Crippen LogP contribution in [-0.4, -0.2) is 41.7 Å². The molecule has 1 fully saturated rings. The summed E-state index contributed by atoms with van der Waals surface area (Å²) in [5.41, 5.74) is 2.57. The predicted octanol–water partition coefficient (Wildman–Crippen LogP) is 4.25. The van der Waals surface area contributed by atoms with Gasteiger partial charge in [-0.15, -0.1) is 0 Å². The number of benzene rings is 2. The Hall–Kier alpha value is -3.02. The maximum Gasteiger partial charge on any atom is 0.339 e. The van der Waals surface area contributed by atoms with Crippen molar-refractivity contribution in [1.29, 1.82) is 0 Å². The third-order valence-corrected chi connectivity index (χ3v) is 5.14. The van der Waals surface area contributed by atoms with E-state index < -0.39 is 11.7 Å². The number of aromatic hydroxyl groups is 1. The maximum absolute atomic E-state index is 12.7. The summed E-state index contributed by atoms with van der Waals surface area (Å²) in [5.74, 6) is -1.55. The molecule has 2 N–H and O–H groups in total. The average molecular weight is 397 g/mol. The van der Waals surface area contributed by atoms with E-state index >= 15 is 0 Å². The summed E-state index contributed by atoms with van der Waals surface area (Å²) in [7, 11) is 0. The molecule has 1 saturated heterocycles. The number of carbonyl (C=O) groups excluding carboxylic acids is 1. The molecule has 0 saturated carbocycles. The molecule has 2 aromatic carbocycles. The Morgan fingerprint density at radius 2 is 1.76 bits per heavy atom. The summed E-state index contributed by atoms with van der Waals surface area (Å²) >= 11 is 0. The van der Waals surface area contributed by atoms with Gasteiger partial charge in [0.1, 0.15) is 17.1 Å². The van der Waals surface area contributed by atoms with E-state index in [9.17, 15) is 14.7 Å². The van der Waals surface area contributed by atoms with E-state index in [1.807, 2.05) is 18.2 Å². The standard InChI is InChI=1S/C23H27NO5/c1-23(2,3)18-12-15(6-9-19(18)24-10-4-5-11-24)21(26)14-29-16-7-8-17(22(27)28)20(25)13-16/h6-9,12-13,25H,4-5,10-11,14H2,1-3H3,(H,27,28). The number of rotatable bonds is 6. The highest BCUT2D eigenvalue weighted by Crippen LogP contribution is 2.34. The topological polar surface area (TPSA) is 87.1 Å². The second-order valence-corrected chi connectivity index (χ2v) is 8.37. The number of ketones is 1. The summed E-state index contributed by atoms with van der Waals surface area (Å²) in [6, 6.07) is 9.68. The minimum absolute atomic E-state index is 0.104.